The number of phenolic OH excluding ortho intramolecular Hbond substituents is 1. The molecule has 3 aromatic carbocycles. The molecule has 0 aliphatic rings. The molecule has 10 nitrogen and oxygen atoms in total. The molecule has 3 rings (SSSR count). The summed E-state index contributed by atoms with van der Waals surface area (Å²) in [6.45, 7) is 0. The third-order valence-corrected chi connectivity index (χ3v) is 5.54. The van der Waals surface area contributed by atoms with E-state index in [0.717, 1.165) is 18.2 Å². The molecule has 0 atom stereocenters. The maximum absolute atomic E-state index is 11.8. The summed E-state index contributed by atoms with van der Waals surface area (Å²) in [5, 5.41) is 17.9. The molecule has 0 aromatic heterocycles. The number of anilines is 1. The Labute approximate surface area is 187 Å². The van der Waals surface area contributed by atoms with Crippen LogP contribution in [0.5, 0.6) is 5.75 Å². The molecule has 5 N–H and O–H groups in total. The van der Waals surface area contributed by atoms with Gasteiger partial charge in [0.25, 0.3) is 20.2 Å². The zero-order chi connectivity index (χ0) is 20.7. The van der Waals surface area contributed by atoms with Gasteiger partial charge in [-0.3, -0.25) is 9.11 Å². The first-order valence-corrected chi connectivity index (χ1v) is 10.4. The largest absolute Gasteiger partial charge is 1.00 e. The first-order chi connectivity index (χ1) is 13.0. The van der Waals surface area contributed by atoms with Crippen LogP contribution in [-0.4, -0.2) is 31.0 Å². The Balaban J connectivity index is 0.00000300. The van der Waals surface area contributed by atoms with E-state index in [0.29, 0.717) is 5.69 Å². The van der Waals surface area contributed by atoms with E-state index in [4.69, 9.17) is 5.73 Å². The van der Waals surface area contributed by atoms with Crippen LogP contribution in [0.15, 0.2) is 68.6 Å². The minimum Gasteiger partial charge on any atom is -0.505 e. The van der Waals surface area contributed by atoms with Crippen LogP contribution in [0, 0.1) is 0 Å². The number of hydrogen-bond donors (Lipinski definition) is 4. The first-order valence-electron chi connectivity index (χ1n) is 7.49. The van der Waals surface area contributed by atoms with Crippen LogP contribution in [0.2, 0.25) is 0 Å². The summed E-state index contributed by atoms with van der Waals surface area (Å²) < 4.78 is 65.0. The normalized spacial score (nSPS) is 12.2. The van der Waals surface area contributed by atoms with Crippen LogP contribution < -0.4 is 35.3 Å². The number of azo groups is 1. The van der Waals surface area contributed by atoms with E-state index in [1.807, 2.05) is 0 Å². The number of benzene rings is 3. The molecule has 0 amide bonds. The van der Waals surface area contributed by atoms with E-state index >= 15 is 0 Å². The van der Waals surface area contributed by atoms with E-state index in [9.17, 15) is 31.0 Å². The van der Waals surface area contributed by atoms with E-state index < -0.39 is 41.5 Å². The molecule has 3 aromatic rings. The Hall–Kier alpha value is -2.06. The number of phenols is 1. The first kappa shape index (κ1) is 23.2. The summed E-state index contributed by atoms with van der Waals surface area (Å²) >= 11 is 0. The van der Waals surface area contributed by atoms with Crippen molar-refractivity contribution in [3.63, 3.8) is 0 Å². The van der Waals surface area contributed by atoms with Crippen molar-refractivity contribution in [3.05, 3.63) is 48.5 Å². The molecule has 0 unspecified atom stereocenters. The van der Waals surface area contributed by atoms with E-state index in [1.54, 1.807) is 30.3 Å². The predicted octanol–water partition coefficient (Wildman–Crippen LogP) is 0.0404. The number of fused-ring (bicyclic) bond motifs is 1. The van der Waals surface area contributed by atoms with Gasteiger partial charge in [0.05, 0.1) is 11.4 Å². The molecule has 0 radical (unpaired) electrons. The number of nitrogens with two attached hydrogens (primary N) is 1. The van der Waals surface area contributed by atoms with Gasteiger partial charge >= 0.3 is 29.6 Å². The standard InChI is InChI=1S/C16H13N3O7S2.Na/c17-12-8-11-9(6-13(12)27(21,22)23)7-14(28(24,25)26)15(16(11)20)19-18-10-4-2-1-3-5-10;/h1-8,20H,17H2,(H,21,22,23)(H,24,25,26);/q;+1. The topological polar surface area (TPSA) is 180 Å². The quantitative estimate of drug-likeness (QED) is 0.188. The van der Waals surface area contributed by atoms with Crippen LogP contribution in [0.3, 0.4) is 0 Å². The summed E-state index contributed by atoms with van der Waals surface area (Å²) in [5.74, 6) is -0.696. The van der Waals surface area contributed by atoms with Crippen molar-refractivity contribution >= 4 is 48.1 Å². The number of rotatable bonds is 4. The summed E-state index contributed by atoms with van der Waals surface area (Å²) in [5.41, 5.74) is 5.02. The van der Waals surface area contributed by atoms with E-state index in [-0.39, 0.29) is 46.0 Å². The monoisotopic (exact) mass is 446 g/mol. The molecular weight excluding hydrogens is 433 g/mol. The number of nitrogens with zero attached hydrogens (tertiary/aromatic N) is 2. The molecule has 0 aliphatic carbocycles. The van der Waals surface area contributed by atoms with Crippen molar-refractivity contribution in [2.45, 2.75) is 9.79 Å². The molecule has 0 saturated heterocycles. The summed E-state index contributed by atoms with van der Waals surface area (Å²) in [4.78, 5) is -1.48. The molecule has 0 heterocycles. The molecular formula is C16H13N3NaO7S2+. The van der Waals surface area contributed by atoms with Crippen LogP contribution in [0.1, 0.15) is 0 Å². The van der Waals surface area contributed by atoms with Crippen LogP contribution in [-0.2, 0) is 20.2 Å². The second-order valence-corrected chi connectivity index (χ2v) is 8.45. The van der Waals surface area contributed by atoms with Gasteiger partial charge in [-0.05, 0) is 35.7 Å². The van der Waals surface area contributed by atoms with Crippen molar-refractivity contribution in [1.29, 1.82) is 0 Å². The van der Waals surface area contributed by atoms with Gasteiger partial charge in [0.1, 0.15) is 15.5 Å². The van der Waals surface area contributed by atoms with Gasteiger partial charge in [-0.1, -0.05) is 18.2 Å². The van der Waals surface area contributed by atoms with E-state index in [2.05, 4.69) is 10.2 Å². The van der Waals surface area contributed by atoms with Crippen LogP contribution >= 0.6 is 0 Å². The third-order valence-electron chi connectivity index (χ3n) is 3.76. The molecule has 0 fully saturated rings. The molecule has 29 heavy (non-hydrogen) atoms. The molecule has 0 saturated carbocycles. The zero-order valence-electron chi connectivity index (χ0n) is 14.9. The maximum atomic E-state index is 11.8. The Morgan fingerprint density at radius 1 is 0.828 bits per heavy atom. The van der Waals surface area contributed by atoms with Gasteiger partial charge < -0.3 is 10.8 Å². The predicted molar refractivity (Wildman–Crippen MR) is 100 cm³/mol. The van der Waals surface area contributed by atoms with Gasteiger partial charge in [-0.15, -0.1) is 5.11 Å². The molecule has 146 valence electrons. The smallest absolute Gasteiger partial charge is 0.505 e. The second kappa shape index (κ2) is 8.36. The van der Waals surface area contributed by atoms with Crippen molar-refractivity contribution in [2.24, 2.45) is 10.2 Å². The van der Waals surface area contributed by atoms with Crippen LogP contribution in [0.4, 0.5) is 17.1 Å². The Bertz CT molecular complexity index is 1330. The fraction of sp³-hybridized carbons (Fsp3) is 0. The third kappa shape index (κ3) is 4.93. The summed E-state index contributed by atoms with van der Waals surface area (Å²) in [6, 6.07) is 11.0. The molecule has 13 heteroatoms. The Morgan fingerprint density at radius 2 is 1.38 bits per heavy atom. The van der Waals surface area contributed by atoms with Crippen molar-refractivity contribution in [3.8, 4) is 5.75 Å². The molecule has 0 spiro atoms. The number of nitrogen functional groups attached to an aromatic ring is 1. The average Bonchev–Trinajstić information content (AvgIpc) is 2.60. The van der Waals surface area contributed by atoms with Crippen molar-refractivity contribution in [1.82, 2.24) is 0 Å². The Kier molecular flexibility index (Phi) is 6.69. The minimum atomic E-state index is -4.87. The minimum absolute atomic E-state index is 0. The van der Waals surface area contributed by atoms with Gasteiger partial charge in [0.2, 0.25) is 0 Å². The average molecular weight is 446 g/mol. The number of hydrogen-bond acceptors (Lipinski definition) is 8. The van der Waals surface area contributed by atoms with Crippen LogP contribution in [0.25, 0.3) is 10.8 Å². The van der Waals surface area contributed by atoms with Crippen molar-refractivity contribution < 1.29 is 60.6 Å². The number of aromatic hydroxyl groups is 1. The summed E-state index contributed by atoms with van der Waals surface area (Å²) in [7, 11) is -9.57. The Morgan fingerprint density at radius 3 is 1.93 bits per heavy atom. The fourth-order valence-electron chi connectivity index (χ4n) is 2.51. The van der Waals surface area contributed by atoms with Gasteiger partial charge in [0.15, 0.2) is 5.75 Å². The molecule has 0 bridgehead atoms. The second-order valence-electron chi connectivity index (χ2n) is 5.67. The van der Waals surface area contributed by atoms with E-state index in [1.165, 1.54) is 0 Å². The summed E-state index contributed by atoms with van der Waals surface area (Å²) in [6.07, 6.45) is 0. The SMILES string of the molecule is Nc1cc2c(O)c(N=Nc3ccccc3)c(S(=O)(=O)O)cc2cc1S(=O)(=O)O.[Na+]. The fourth-order valence-corrected chi connectivity index (χ4v) is 3.80. The van der Waals surface area contributed by atoms with Gasteiger partial charge in [-0.2, -0.15) is 21.9 Å². The van der Waals surface area contributed by atoms with Gasteiger partial charge in [-0.25, -0.2) is 0 Å². The zero-order valence-corrected chi connectivity index (χ0v) is 18.5. The van der Waals surface area contributed by atoms with Gasteiger partial charge in [0, 0.05) is 5.39 Å². The molecule has 0 aliphatic heterocycles. The maximum Gasteiger partial charge on any atom is 1.00 e. The van der Waals surface area contributed by atoms with Crippen molar-refractivity contribution in [2.75, 3.05) is 5.73 Å².